The average molecular weight is 388 g/mol. The molecule has 0 bridgehead atoms. The first-order chi connectivity index (χ1) is 12.2. The van der Waals surface area contributed by atoms with Crippen LogP contribution in [-0.4, -0.2) is 10.8 Å². The molecule has 0 atom stereocenters. The monoisotopic (exact) mass is 387 g/mol. The molecule has 25 heavy (non-hydrogen) atoms. The SMILES string of the molecule is C=CCn1c(-c2ccc(Cl)cc2)cs/c1=N\N=C\c1ccc(Cl)cc1. The average Bonchev–Trinajstić information content (AvgIpc) is 3.01. The smallest absolute Gasteiger partial charge is 0.211 e. The zero-order valence-corrected chi connectivity index (χ0v) is 15.6. The topological polar surface area (TPSA) is 29.6 Å². The summed E-state index contributed by atoms with van der Waals surface area (Å²) in [7, 11) is 0. The van der Waals surface area contributed by atoms with Crippen LogP contribution in [0.1, 0.15) is 5.56 Å². The number of aromatic nitrogens is 1. The van der Waals surface area contributed by atoms with E-state index in [0.717, 1.165) is 21.6 Å². The Bertz CT molecular complexity index is 952. The zero-order valence-electron chi connectivity index (χ0n) is 13.3. The summed E-state index contributed by atoms with van der Waals surface area (Å²) in [6.07, 6.45) is 3.55. The van der Waals surface area contributed by atoms with E-state index in [1.54, 1.807) is 6.21 Å². The van der Waals surface area contributed by atoms with Crippen LogP contribution in [0.3, 0.4) is 0 Å². The van der Waals surface area contributed by atoms with Crippen molar-refractivity contribution in [2.75, 3.05) is 0 Å². The summed E-state index contributed by atoms with van der Waals surface area (Å²) in [4.78, 5) is 0.801. The van der Waals surface area contributed by atoms with Gasteiger partial charge in [-0.3, -0.25) is 0 Å². The highest BCUT2D eigenvalue weighted by atomic mass is 35.5. The molecule has 0 aliphatic rings. The van der Waals surface area contributed by atoms with Crippen LogP contribution in [0.15, 0.2) is 76.8 Å². The van der Waals surface area contributed by atoms with Crippen LogP contribution in [0.5, 0.6) is 0 Å². The zero-order chi connectivity index (χ0) is 17.6. The van der Waals surface area contributed by atoms with Gasteiger partial charge in [0, 0.05) is 22.0 Å². The Morgan fingerprint density at radius 3 is 2.28 bits per heavy atom. The van der Waals surface area contributed by atoms with E-state index < -0.39 is 0 Å². The molecule has 2 aromatic carbocycles. The van der Waals surface area contributed by atoms with E-state index in [-0.39, 0.29) is 0 Å². The van der Waals surface area contributed by atoms with E-state index in [2.05, 4.69) is 26.7 Å². The van der Waals surface area contributed by atoms with Crippen molar-refractivity contribution in [1.82, 2.24) is 4.57 Å². The van der Waals surface area contributed by atoms with E-state index in [1.165, 1.54) is 11.3 Å². The fourth-order valence-corrected chi connectivity index (χ4v) is 3.39. The van der Waals surface area contributed by atoms with E-state index in [1.807, 2.05) is 54.6 Å². The highest BCUT2D eigenvalue weighted by molar-refractivity contribution is 7.07. The maximum absolute atomic E-state index is 5.98. The van der Waals surface area contributed by atoms with Gasteiger partial charge in [-0.15, -0.1) is 23.0 Å². The molecule has 126 valence electrons. The van der Waals surface area contributed by atoms with Crippen LogP contribution >= 0.6 is 34.5 Å². The Hall–Kier alpha value is -2.14. The molecule has 1 aromatic heterocycles. The van der Waals surface area contributed by atoms with Crippen molar-refractivity contribution in [2.24, 2.45) is 10.2 Å². The molecule has 0 N–H and O–H groups in total. The first-order valence-corrected chi connectivity index (χ1v) is 9.19. The number of nitrogens with zero attached hydrogens (tertiary/aromatic N) is 3. The summed E-state index contributed by atoms with van der Waals surface area (Å²) in [5.74, 6) is 0. The Morgan fingerprint density at radius 1 is 1.00 bits per heavy atom. The molecule has 0 amide bonds. The minimum Gasteiger partial charge on any atom is -0.311 e. The van der Waals surface area contributed by atoms with Gasteiger partial charge in [-0.1, -0.05) is 53.5 Å². The molecule has 0 saturated heterocycles. The van der Waals surface area contributed by atoms with Gasteiger partial charge in [0.15, 0.2) is 0 Å². The second-order valence-electron chi connectivity index (χ2n) is 5.21. The molecule has 3 aromatic rings. The molecule has 0 fully saturated rings. The van der Waals surface area contributed by atoms with Crippen LogP contribution in [0.25, 0.3) is 11.3 Å². The van der Waals surface area contributed by atoms with Gasteiger partial charge in [-0.2, -0.15) is 5.10 Å². The van der Waals surface area contributed by atoms with Crippen LogP contribution in [0, 0.1) is 0 Å². The maximum Gasteiger partial charge on any atom is 0.211 e. The molecular formula is C19H15Cl2N3S. The molecule has 0 saturated carbocycles. The van der Waals surface area contributed by atoms with Crippen molar-refractivity contribution in [1.29, 1.82) is 0 Å². The molecule has 1 heterocycles. The Kier molecular flexibility index (Phi) is 5.87. The van der Waals surface area contributed by atoms with Crippen molar-refractivity contribution >= 4 is 40.8 Å². The summed E-state index contributed by atoms with van der Waals surface area (Å²) in [5.41, 5.74) is 3.07. The minimum atomic E-state index is 0.650. The van der Waals surface area contributed by atoms with Crippen LogP contribution in [0.2, 0.25) is 10.0 Å². The summed E-state index contributed by atoms with van der Waals surface area (Å²) in [6, 6.07) is 15.2. The van der Waals surface area contributed by atoms with Gasteiger partial charge in [0.1, 0.15) is 0 Å². The first-order valence-electron chi connectivity index (χ1n) is 7.55. The van der Waals surface area contributed by atoms with Gasteiger partial charge in [0.2, 0.25) is 4.80 Å². The van der Waals surface area contributed by atoms with Crippen molar-refractivity contribution in [3.05, 3.63) is 87.0 Å². The highest BCUT2D eigenvalue weighted by Crippen LogP contribution is 2.22. The van der Waals surface area contributed by atoms with Gasteiger partial charge < -0.3 is 4.57 Å². The molecule has 0 unspecified atom stereocenters. The number of thiazole rings is 1. The number of allylic oxidation sites excluding steroid dienone is 1. The van der Waals surface area contributed by atoms with Gasteiger partial charge >= 0.3 is 0 Å². The summed E-state index contributed by atoms with van der Waals surface area (Å²) < 4.78 is 2.07. The quantitative estimate of drug-likeness (QED) is 0.307. The predicted molar refractivity (Wildman–Crippen MR) is 108 cm³/mol. The third-order valence-corrected chi connectivity index (χ3v) is 4.83. The third kappa shape index (κ3) is 4.48. The summed E-state index contributed by atoms with van der Waals surface area (Å²) >= 11 is 13.4. The van der Waals surface area contributed by atoms with Crippen LogP contribution < -0.4 is 4.80 Å². The normalized spacial score (nSPS) is 12.0. The molecule has 0 aliphatic carbocycles. The number of hydrogen-bond acceptors (Lipinski definition) is 3. The van der Waals surface area contributed by atoms with Gasteiger partial charge in [0.05, 0.1) is 11.9 Å². The van der Waals surface area contributed by atoms with Gasteiger partial charge in [0.25, 0.3) is 0 Å². The number of halogens is 2. The second kappa shape index (κ2) is 8.30. The second-order valence-corrected chi connectivity index (χ2v) is 6.92. The lowest BCUT2D eigenvalue weighted by atomic mass is 10.2. The minimum absolute atomic E-state index is 0.650. The summed E-state index contributed by atoms with van der Waals surface area (Å²) in [5, 5.41) is 12.0. The lowest BCUT2D eigenvalue weighted by molar-refractivity contribution is 0.789. The van der Waals surface area contributed by atoms with Crippen molar-refractivity contribution in [3.63, 3.8) is 0 Å². The lowest BCUT2D eigenvalue weighted by Gasteiger charge is -2.06. The number of hydrogen-bond donors (Lipinski definition) is 0. The Labute approximate surface area is 160 Å². The van der Waals surface area contributed by atoms with E-state index in [0.29, 0.717) is 16.6 Å². The maximum atomic E-state index is 5.98. The van der Waals surface area contributed by atoms with Crippen molar-refractivity contribution < 1.29 is 0 Å². The fourth-order valence-electron chi connectivity index (χ4n) is 2.26. The van der Waals surface area contributed by atoms with Gasteiger partial charge in [-0.05, 0) is 35.4 Å². The molecule has 0 radical (unpaired) electrons. The van der Waals surface area contributed by atoms with E-state index >= 15 is 0 Å². The number of benzene rings is 2. The fraction of sp³-hybridized carbons (Fsp3) is 0.0526. The first kappa shape index (κ1) is 17.7. The van der Waals surface area contributed by atoms with E-state index in [4.69, 9.17) is 23.2 Å². The standard InChI is InChI=1S/C19H15Cl2N3S/c1-2-11-24-18(15-5-9-17(21)10-6-15)13-25-19(24)23-22-12-14-3-7-16(20)8-4-14/h2-10,12-13H,1,11H2/b22-12+,23-19-. The van der Waals surface area contributed by atoms with Crippen molar-refractivity contribution in [3.8, 4) is 11.3 Å². The highest BCUT2D eigenvalue weighted by Gasteiger charge is 2.06. The number of rotatable bonds is 5. The Morgan fingerprint density at radius 2 is 1.64 bits per heavy atom. The molecule has 3 rings (SSSR count). The lowest BCUT2D eigenvalue weighted by Crippen LogP contribution is -2.14. The molecule has 0 aliphatic heterocycles. The molecule has 6 heteroatoms. The molecular weight excluding hydrogens is 373 g/mol. The Balaban J connectivity index is 1.94. The molecule has 0 spiro atoms. The molecule has 3 nitrogen and oxygen atoms in total. The predicted octanol–water partition coefficient (Wildman–Crippen LogP) is 5.64. The summed E-state index contributed by atoms with van der Waals surface area (Å²) in [6.45, 7) is 4.48. The van der Waals surface area contributed by atoms with Gasteiger partial charge in [-0.25, -0.2) is 0 Å². The van der Waals surface area contributed by atoms with E-state index in [9.17, 15) is 0 Å². The van der Waals surface area contributed by atoms with Crippen LogP contribution in [0.4, 0.5) is 0 Å². The van der Waals surface area contributed by atoms with Crippen molar-refractivity contribution in [2.45, 2.75) is 6.54 Å². The largest absolute Gasteiger partial charge is 0.311 e. The third-order valence-electron chi connectivity index (χ3n) is 3.47. The van der Waals surface area contributed by atoms with Crippen LogP contribution in [-0.2, 0) is 6.54 Å².